The molecule has 0 saturated carbocycles. The van der Waals surface area contributed by atoms with Crippen LogP contribution in [0.4, 0.5) is 5.69 Å². The fraction of sp³-hybridized carbons (Fsp3) is 0.333. The van der Waals surface area contributed by atoms with Gasteiger partial charge in [-0.25, -0.2) is 9.36 Å². The van der Waals surface area contributed by atoms with Gasteiger partial charge in [-0.1, -0.05) is 13.8 Å². The number of benzene rings is 1. The number of hydrogen-bond donors (Lipinski definition) is 2. The van der Waals surface area contributed by atoms with Gasteiger partial charge in [-0.2, -0.15) is 0 Å². The van der Waals surface area contributed by atoms with E-state index in [2.05, 4.69) is 4.98 Å². The lowest BCUT2D eigenvalue weighted by Crippen LogP contribution is -2.25. The van der Waals surface area contributed by atoms with Gasteiger partial charge in [-0.05, 0) is 24.1 Å². The zero-order valence-corrected chi connectivity index (χ0v) is 9.86. The van der Waals surface area contributed by atoms with Gasteiger partial charge in [0.25, 0.3) is 0 Å². The second-order valence-electron chi connectivity index (χ2n) is 4.53. The van der Waals surface area contributed by atoms with E-state index in [1.165, 1.54) is 0 Å². The van der Waals surface area contributed by atoms with Crippen molar-refractivity contribution in [3.05, 3.63) is 28.7 Å². The number of H-pyrrole nitrogens is 1. The molecule has 1 heterocycles. The van der Waals surface area contributed by atoms with Gasteiger partial charge in [-0.15, -0.1) is 0 Å². The molecule has 0 amide bonds. The first kappa shape index (κ1) is 11.4. The Labute approximate surface area is 98.2 Å². The van der Waals surface area contributed by atoms with Crippen molar-refractivity contribution in [2.45, 2.75) is 20.3 Å². The lowest BCUT2D eigenvalue weighted by molar-refractivity contribution is 0.0888. The second-order valence-corrected chi connectivity index (χ2v) is 4.53. The zero-order chi connectivity index (χ0) is 12.6. The number of anilines is 1. The van der Waals surface area contributed by atoms with Crippen LogP contribution in [-0.4, -0.2) is 15.5 Å². The van der Waals surface area contributed by atoms with Crippen LogP contribution in [0.5, 0.6) is 0 Å². The molecule has 0 saturated heterocycles. The van der Waals surface area contributed by atoms with Crippen molar-refractivity contribution in [3.63, 3.8) is 0 Å². The van der Waals surface area contributed by atoms with Gasteiger partial charge in [0.2, 0.25) is 5.91 Å². The number of nitrogens with one attached hydrogen (secondary N) is 1. The highest BCUT2D eigenvalue weighted by atomic mass is 16.2. The highest BCUT2D eigenvalue weighted by Crippen LogP contribution is 2.15. The third-order valence-corrected chi connectivity index (χ3v) is 2.54. The topological polar surface area (TPSA) is 80.9 Å². The monoisotopic (exact) mass is 233 g/mol. The van der Waals surface area contributed by atoms with Gasteiger partial charge in [0.1, 0.15) is 0 Å². The van der Waals surface area contributed by atoms with Crippen molar-refractivity contribution in [1.29, 1.82) is 0 Å². The number of nitrogen functional groups attached to an aromatic ring is 1. The summed E-state index contributed by atoms with van der Waals surface area (Å²) >= 11 is 0. The van der Waals surface area contributed by atoms with Crippen LogP contribution in [0.25, 0.3) is 11.0 Å². The largest absolute Gasteiger partial charge is 0.399 e. The summed E-state index contributed by atoms with van der Waals surface area (Å²) in [5.41, 5.74) is 6.96. The minimum absolute atomic E-state index is 0.207. The van der Waals surface area contributed by atoms with Crippen LogP contribution in [0, 0.1) is 5.92 Å². The Bertz CT molecular complexity index is 622. The molecule has 0 fully saturated rings. The zero-order valence-electron chi connectivity index (χ0n) is 9.86. The number of hydrogen-bond acceptors (Lipinski definition) is 3. The molecular weight excluding hydrogens is 218 g/mol. The van der Waals surface area contributed by atoms with Crippen molar-refractivity contribution >= 4 is 22.6 Å². The van der Waals surface area contributed by atoms with Crippen LogP contribution in [0.1, 0.15) is 25.1 Å². The Morgan fingerprint density at radius 2 is 2.18 bits per heavy atom. The number of nitrogens with zero attached hydrogens (tertiary/aromatic N) is 1. The van der Waals surface area contributed by atoms with Crippen LogP contribution in [0.3, 0.4) is 0 Å². The summed E-state index contributed by atoms with van der Waals surface area (Å²) < 4.78 is 1.16. The summed E-state index contributed by atoms with van der Waals surface area (Å²) in [5.74, 6) is 0.00209. The molecule has 0 spiro atoms. The van der Waals surface area contributed by atoms with E-state index in [1.807, 2.05) is 13.8 Å². The van der Waals surface area contributed by atoms with Gasteiger partial charge in [0.15, 0.2) is 0 Å². The van der Waals surface area contributed by atoms with E-state index in [4.69, 9.17) is 5.73 Å². The summed E-state index contributed by atoms with van der Waals surface area (Å²) in [6.45, 7) is 3.87. The van der Waals surface area contributed by atoms with E-state index < -0.39 is 5.69 Å². The maximum atomic E-state index is 12.0. The Kier molecular flexibility index (Phi) is 2.75. The lowest BCUT2D eigenvalue weighted by atomic mass is 10.1. The second kappa shape index (κ2) is 4.08. The number of carbonyl (C=O) groups excluding carboxylic acids is 1. The van der Waals surface area contributed by atoms with E-state index in [0.717, 1.165) is 4.57 Å². The third-order valence-electron chi connectivity index (χ3n) is 2.54. The van der Waals surface area contributed by atoms with Crippen LogP contribution >= 0.6 is 0 Å². The minimum Gasteiger partial charge on any atom is -0.399 e. The average molecular weight is 233 g/mol. The molecule has 0 atom stereocenters. The Morgan fingerprint density at radius 1 is 1.47 bits per heavy atom. The molecule has 0 aliphatic heterocycles. The fourth-order valence-electron chi connectivity index (χ4n) is 1.81. The SMILES string of the molecule is CC(C)CC(=O)n1c(=O)[nH]c2ccc(N)cc21. The van der Waals surface area contributed by atoms with Crippen LogP contribution in [-0.2, 0) is 0 Å². The van der Waals surface area contributed by atoms with E-state index in [1.54, 1.807) is 18.2 Å². The van der Waals surface area contributed by atoms with Crippen LogP contribution < -0.4 is 11.4 Å². The maximum Gasteiger partial charge on any atom is 0.333 e. The molecule has 5 nitrogen and oxygen atoms in total. The maximum absolute atomic E-state index is 12.0. The summed E-state index contributed by atoms with van der Waals surface area (Å²) in [4.78, 5) is 26.3. The molecule has 0 unspecified atom stereocenters. The van der Waals surface area contributed by atoms with Crippen molar-refractivity contribution in [2.24, 2.45) is 5.92 Å². The quantitative estimate of drug-likeness (QED) is 0.773. The predicted molar refractivity (Wildman–Crippen MR) is 67.1 cm³/mol. The average Bonchev–Trinajstić information content (AvgIpc) is 2.52. The number of fused-ring (bicyclic) bond motifs is 1. The number of imidazole rings is 1. The highest BCUT2D eigenvalue weighted by Gasteiger charge is 2.14. The smallest absolute Gasteiger partial charge is 0.333 e. The molecule has 17 heavy (non-hydrogen) atoms. The van der Waals surface area contributed by atoms with Gasteiger partial charge < -0.3 is 10.7 Å². The molecule has 3 N–H and O–H groups in total. The first-order valence-corrected chi connectivity index (χ1v) is 5.52. The Hall–Kier alpha value is -2.04. The molecule has 0 radical (unpaired) electrons. The predicted octanol–water partition coefficient (Wildman–Crippen LogP) is 1.60. The van der Waals surface area contributed by atoms with Crippen molar-refractivity contribution < 1.29 is 4.79 Å². The molecular formula is C12H15N3O2. The van der Waals surface area contributed by atoms with Crippen molar-refractivity contribution in [2.75, 3.05) is 5.73 Å². The number of nitrogens with two attached hydrogens (primary N) is 1. The summed E-state index contributed by atoms with van der Waals surface area (Å²) in [7, 11) is 0. The molecule has 5 heteroatoms. The van der Waals surface area contributed by atoms with Crippen molar-refractivity contribution in [1.82, 2.24) is 9.55 Å². The van der Waals surface area contributed by atoms with E-state index in [0.29, 0.717) is 23.1 Å². The van der Waals surface area contributed by atoms with Gasteiger partial charge in [0, 0.05) is 12.1 Å². The molecule has 2 rings (SSSR count). The van der Waals surface area contributed by atoms with Crippen LogP contribution in [0.2, 0.25) is 0 Å². The molecule has 2 aromatic rings. The number of carbonyl (C=O) groups is 1. The van der Waals surface area contributed by atoms with Crippen LogP contribution in [0.15, 0.2) is 23.0 Å². The van der Waals surface area contributed by atoms with E-state index in [9.17, 15) is 9.59 Å². The molecule has 1 aromatic carbocycles. The summed E-state index contributed by atoms with van der Waals surface area (Å²) in [6, 6.07) is 5.02. The molecule has 90 valence electrons. The Balaban J connectivity index is 2.60. The Morgan fingerprint density at radius 3 is 2.82 bits per heavy atom. The molecule has 0 bridgehead atoms. The minimum atomic E-state index is -0.406. The summed E-state index contributed by atoms with van der Waals surface area (Å²) in [6.07, 6.45) is 0.335. The number of aromatic amines is 1. The number of aromatic nitrogens is 2. The summed E-state index contributed by atoms with van der Waals surface area (Å²) in [5, 5.41) is 0. The van der Waals surface area contributed by atoms with Gasteiger partial charge in [0.05, 0.1) is 11.0 Å². The number of rotatable bonds is 2. The van der Waals surface area contributed by atoms with Gasteiger partial charge in [-0.3, -0.25) is 4.79 Å². The highest BCUT2D eigenvalue weighted by molar-refractivity contribution is 5.91. The third kappa shape index (κ3) is 2.08. The molecule has 0 aliphatic rings. The van der Waals surface area contributed by atoms with E-state index in [-0.39, 0.29) is 11.8 Å². The standard InChI is InChI=1S/C12H15N3O2/c1-7(2)5-11(16)15-10-6-8(13)3-4-9(10)14-12(15)17/h3-4,6-7H,5,13H2,1-2H3,(H,14,17). The molecule has 0 aliphatic carbocycles. The first-order chi connectivity index (χ1) is 7.99. The normalized spacial score (nSPS) is 11.2. The van der Waals surface area contributed by atoms with E-state index >= 15 is 0 Å². The van der Waals surface area contributed by atoms with Gasteiger partial charge >= 0.3 is 5.69 Å². The van der Waals surface area contributed by atoms with Crippen molar-refractivity contribution in [3.8, 4) is 0 Å². The first-order valence-electron chi connectivity index (χ1n) is 5.52. The fourth-order valence-corrected chi connectivity index (χ4v) is 1.81. The lowest BCUT2D eigenvalue weighted by Gasteiger charge is -2.04. The molecule has 1 aromatic heterocycles.